The van der Waals surface area contributed by atoms with Gasteiger partial charge in [-0.3, -0.25) is 4.79 Å². The summed E-state index contributed by atoms with van der Waals surface area (Å²) in [6, 6.07) is 9.65. The summed E-state index contributed by atoms with van der Waals surface area (Å²) in [7, 11) is -2.43. The lowest BCUT2D eigenvalue weighted by Crippen LogP contribution is -2.44. The van der Waals surface area contributed by atoms with Gasteiger partial charge in [-0.1, -0.05) is 23.7 Å². The average molecular weight is 469 g/mol. The quantitative estimate of drug-likeness (QED) is 0.655. The van der Waals surface area contributed by atoms with Crippen molar-refractivity contribution in [2.24, 2.45) is 5.92 Å². The molecule has 0 aromatic heterocycles. The number of nitrogens with one attached hydrogen (secondary N) is 1. The molecule has 1 N–H and O–H groups in total. The standard InChI is InChI=1S/C21H22ClFN2O5S/c1-30-21(27)15-6-9-18(22)19(11-15)24-20(26)16-3-2-10-25(12-16)31(28,29)13-14-4-7-17(23)8-5-14/h4-9,11,16H,2-3,10,12-13H2,1H3,(H,24,26)/t16-/m0/s1. The van der Waals surface area contributed by atoms with Crippen LogP contribution in [0.15, 0.2) is 42.5 Å². The summed E-state index contributed by atoms with van der Waals surface area (Å²) in [6.07, 6.45) is 1.04. The third-order valence-electron chi connectivity index (χ3n) is 5.06. The van der Waals surface area contributed by atoms with Gasteiger partial charge in [-0.2, -0.15) is 0 Å². The third-order valence-corrected chi connectivity index (χ3v) is 7.20. The SMILES string of the molecule is COC(=O)c1ccc(Cl)c(NC(=O)[C@H]2CCCN(S(=O)(=O)Cc3ccc(F)cc3)C2)c1. The van der Waals surface area contributed by atoms with Crippen molar-refractivity contribution in [2.45, 2.75) is 18.6 Å². The molecule has 0 radical (unpaired) electrons. The van der Waals surface area contributed by atoms with Crippen molar-refractivity contribution < 1.29 is 27.1 Å². The Morgan fingerprint density at radius 3 is 2.61 bits per heavy atom. The van der Waals surface area contributed by atoms with Gasteiger partial charge in [0.1, 0.15) is 5.82 Å². The zero-order valence-corrected chi connectivity index (χ0v) is 18.4. The minimum atomic E-state index is -3.67. The van der Waals surface area contributed by atoms with E-state index >= 15 is 0 Å². The van der Waals surface area contributed by atoms with E-state index in [2.05, 4.69) is 10.1 Å². The summed E-state index contributed by atoms with van der Waals surface area (Å²) in [5, 5.41) is 2.93. The first-order valence-electron chi connectivity index (χ1n) is 9.60. The molecule has 1 atom stereocenters. The van der Waals surface area contributed by atoms with Crippen LogP contribution in [0.25, 0.3) is 0 Å². The topological polar surface area (TPSA) is 92.8 Å². The van der Waals surface area contributed by atoms with E-state index in [4.69, 9.17) is 11.6 Å². The second kappa shape index (κ2) is 9.76. The van der Waals surface area contributed by atoms with Crippen LogP contribution in [0.1, 0.15) is 28.8 Å². The van der Waals surface area contributed by atoms with Crippen LogP contribution in [0.2, 0.25) is 5.02 Å². The number of methoxy groups -OCH3 is 1. The second-order valence-electron chi connectivity index (χ2n) is 7.26. The summed E-state index contributed by atoms with van der Waals surface area (Å²) in [4.78, 5) is 24.5. The Morgan fingerprint density at radius 2 is 1.94 bits per heavy atom. The maximum absolute atomic E-state index is 13.1. The monoisotopic (exact) mass is 468 g/mol. The van der Waals surface area contributed by atoms with E-state index in [1.54, 1.807) is 0 Å². The Kier molecular flexibility index (Phi) is 7.30. The molecule has 1 fully saturated rings. The van der Waals surface area contributed by atoms with Crippen molar-refractivity contribution in [1.82, 2.24) is 4.31 Å². The number of hydrogen-bond donors (Lipinski definition) is 1. The summed E-state index contributed by atoms with van der Waals surface area (Å²) in [5.41, 5.74) is 0.953. The van der Waals surface area contributed by atoms with Crippen LogP contribution in [0.4, 0.5) is 10.1 Å². The van der Waals surface area contributed by atoms with E-state index in [0.29, 0.717) is 24.9 Å². The van der Waals surface area contributed by atoms with E-state index in [1.807, 2.05) is 0 Å². The van der Waals surface area contributed by atoms with Gasteiger partial charge in [-0.05, 0) is 48.7 Å². The van der Waals surface area contributed by atoms with Crippen molar-refractivity contribution in [1.29, 1.82) is 0 Å². The molecule has 2 aromatic carbocycles. The molecule has 10 heteroatoms. The Morgan fingerprint density at radius 1 is 1.23 bits per heavy atom. The lowest BCUT2D eigenvalue weighted by atomic mass is 9.98. The molecule has 3 rings (SSSR count). The van der Waals surface area contributed by atoms with Crippen LogP contribution in [-0.4, -0.2) is 44.8 Å². The zero-order valence-electron chi connectivity index (χ0n) is 16.8. The Labute approximate surface area is 185 Å². The zero-order chi connectivity index (χ0) is 22.6. The largest absolute Gasteiger partial charge is 0.465 e. The smallest absolute Gasteiger partial charge is 0.337 e. The molecular formula is C21H22ClFN2O5S. The van der Waals surface area contributed by atoms with E-state index < -0.39 is 27.7 Å². The van der Waals surface area contributed by atoms with Crippen LogP contribution < -0.4 is 5.32 Å². The number of hydrogen-bond acceptors (Lipinski definition) is 5. The van der Waals surface area contributed by atoms with Crippen LogP contribution >= 0.6 is 11.6 Å². The minimum Gasteiger partial charge on any atom is -0.465 e. The highest BCUT2D eigenvalue weighted by molar-refractivity contribution is 7.88. The number of anilines is 1. The molecule has 1 aliphatic heterocycles. The Hall–Kier alpha value is -2.49. The number of rotatable bonds is 6. The van der Waals surface area contributed by atoms with Crippen LogP contribution in [-0.2, 0) is 25.3 Å². The maximum atomic E-state index is 13.1. The molecule has 0 bridgehead atoms. The van der Waals surface area contributed by atoms with Gasteiger partial charge >= 0.3 is 5.97 Å². The van der Waals surface area contributed by atoms with Gasteiger partial charge in [0.05, 0.1) is 35.1 Å². The molecule has 0 unspecified atom stereocenters. The second-order valence-corrected chi connectivity index (χ2v) is 9.63. The number of esters is 1. The average Bonchev–Trinajstić information content (AvgIpc) is 2.76. The van der Waals surface area contributed by atoms with Gasteiger partial charge in [-0.15, -0.1) is 0 Å². The molecule has 31 heavy (non-hydrogen) atoms. The number of carbonyl (C=O) groups excluding carboxylic acids is 2. The maximum Gasteiger partial charge on any atom is 0.337 e. The lowest BCUT2D eigenvalue weighted by Gasteiger charge is -2.31. The van der Waals surface area contributed by atoms with Crippen molar-refractivity contribution in [3.05, 3.63) is 64.4 Å². The first-order valence-corrected chi connectivity index (χ1v) is 11.6. The van der Waals surface area contributed by atoms with Gasteiger partial charge in [-0.25, -0.2) is 21.9 Å². The Balaban J connectivity index is 1.69. The van der Waals surface area contributed by atoms with Crippen LogP contribution in [0.5, 0.6) is 0 Å². The number of halogens is 2. The number of piperidine rings is 1. The van der Waals surface area contributed by atoms with Gasteiger partial charge in [0.25, 0.3) is 0 Å². The summed E-state index contributed by atoms with van der Waals surface area (Å²) in [5.74, 6) is -2.23. The fraction of sp³-hybridized carbons (Fsp3) is 0.333. The predicted octanol–water partition coefficient (Wildman–Crippen LogP) is 3.45. The lowest BCUT2D eigenvalue weighted by molar-refractivity contribution is -0.120. The minimum absolute atomic E-state index is 0.0314. The molecule has 0 aliphatic carbocycles. The number of sulfonamides is 1. The molecule has 0 spiro atoms. The molecule has 166 valence electrons. The summed E-state index contributed by atoms with van der Waals surface area (Å²) in [6.45, 7) is 0.343. The molecule has 7 nitrogen and oxygen atoms in total. The fourth-order valence-electron chi connectivity index (χ4n) is 3.39. The first kappa shape index (κ1) is 23.2. The highest BCUT2D eigenvalue weighted by atomic mass is 35.5. The fourth-order valence-corrected chi connectivity index (χ4v) is 5.17. The van der Waals surface area contributed by atoms with E-state index in [9.17, 15) is 22.4 Å². The van der Waals surface area contributed by atoms with Crippen molar-refractivity contribution in [2.75, 3.05) is 25.5 Å². The number of benzene rings is 2. The van der Waals surface area contributed by atoms with E-state index in [1.165, 1.54) is 53.9 Å². The van der Waals surface area contributed by atoms with Gasteiger partial charge in [0, 0.05) is 13.1 Å². The van der Waals surface area contributed by atoms with Gasteiger partial charge in [0.15, 0.2) is 0 Å². The number of ether oxygens (including phenoxy) is 1. The summed E-state index contributed by atoms with van der Waals surface area (Å²) >= 11 is 6.13. The highest BCUT2D eigenvalue weighted by Crippen LogP contribution is 2.27. The molecule has 0 saturated carbocycles. The number of nitrogens with zero attached hydrogens (tertiary/aromatic N) is 1. The van der Waals surface area contributed by atoms with Crippen molar-refractivity contribution in [3.8, 4) is 0 Å². The molecule has 1 amide bonds. The number of amides is 1. The molecular weight excluding hydrogens is 447 g/mol. The first-order chi connectivity index (χ1) is 14.7. The van der Waals surface area contributed by atoms with Gasteiger partial charge in [0.2, 0.25) is 15.9 Å². The molecule has 1 heterocycles. The molecule has 2 aromatic rings. The van der Waals surface area contributed by atoms with E-state index in [-0.39, 0.29) is 34.5 Å². The summed E-state index contributed by atoms with van der Waals surface area (Å²) < 4.78 is 44.6. The normalized spacial score (nSPS) is 17.2. The van der Waals surface area contributed by atoms with Crippen LogP contribution in [0.3, 0.4) is 0 Å². The predicted molar refractivity (Wildman–Crippen MR) is 115 cm³/mol. The third kappa shape index (κ3) is 5.81. The van der Waals surface area contributed by atoms with Crippen LogP contribution in [0, 0.1) is 11.7 Å². The molecule has 1 saturated heterocycles. The van der Waals surface area contributed by atoms with Crippen molar-refractivity contribution >= 4 is 39.2 Å². The molecule has 1 aliphatic rings. The van der Waals surface area contributed by atoms with Crippen molar-refractivity contribution in [3.63, 3.8) is 0 Å². The highest BCUT2D eigenvalue weighted by Gasteiger charge is 2.32. The van der Waals surface area contributed by atoms with E-state index in [0.717, 1.165) is 0 Å². The number of carbonyl (C=O) groups is 2. The van der Waals surface area contributed by atoms with Gasteiger partial charge < -0.3 is 10.1 Å². The Bertz CT molecular complexity index is 1080.